The molecule has 5 aromatic rings. The Labute approximate surface area is 319 Å². The normalized spacial score (nSPS) is 17.1. The summed E-state index contributed by atoms with van der Waals surface area (Å²) in [7, 11) is 0. The molecule has 4 aliphatic rings. The standard InChI is InChI=1S/C50H57BN2/c1-5-34-26-35(6-2)29-42(28-34)52-46-20-15-21-47-50(46)51(44-24-22-40(32-48(44)52)38-16-11-9-12-17-38)45-25-23-41(39-18-13-10-14-19-39)33-49(45)53(47)43-30-36(7-3)27-37(8-4)31-43/h15,20-33,38-39H,5-14,16-19H2,1-4H3. The topological polar surface area (TPSA) is 6.48 Å². The highest BCUT2D eigenvalue weighted by atomic mass is 15.2. The third-order valence-corrected chi connectivity index (χ3v) is 13.4. The Morgan fingerprint density at radius 2 is 0.849 bits per heavy atom. The number of nitrogens with zero attached hydrogens (tertiary/aromatic N) is 2. The van der Waals surface area contributed by atoms with Gasteiger partial charge in [-0.25, -0.2) is 0 Å². The van der Waals surface area contributed by atoms with Crippen molar-refractivity contribution in [3.63, 3.8) is 0 Å². The molecule has 270 valence electrons. The first-order valence-electron chi connectivity index (χ1n) is 21.3. The molecule has 0 amide bonds. The molecule has 0 atom stereocenters. The maximum Gasteiger partial charge on any atom is 0.252 e. The van der Waals surface area contributed by atoms with Crippen molar-refractivity contribution >= 4 is 57.2 Å². The molecule has 2 aliphatic heterocycles. The Morgan fingerprint density at radius 3 is 1.23 bits per heavy atom. The Hall–Kier alpha value is -4.24. The number of rotatable bonds is 8. The molecule has 2 heterocycles. The lowest BCUT2D eigenvalue weighted by molar-refractivity contribution is 0.444. The fraction of sp³-hybridized carbons (Fsp3) is 0.400. The molecular formula is C50H57BN2. The molecule has 0 radical (unpaired) electrons. The molecule has 53 heavy (non-hydrogen) atoms. The largest absolute Gasteiger partial charge is 0.311 e. The van der Waals surface area contributed by atoms with Crippen LogP contribution in [0.15, 0.2) is 91.0 Å². The molecule has 9 rings (SSSR count). The van der Waals surface area contributed by atoms with Gasteiger partial charge in [0.15, 0.2) is 0 Å². The second-order valence-electron chi connectivity index (χ2n) is 16.5. The third-order valence-electron chi connectivity index (χ3n) is 13.4. The summed E-state index contributed by atoms with van der Waals surface area (Å²) in [6.45, 7) is 9.39. The van der Waals surface area contributed by atoms with E-state index in [0.717, 1.165) is 25.7 Å². The van der Waals surface area contributed by atoms with Crippen LogP contribution in [0.5, 0.6) is 0 Å². The summed E-state index contributed by atoms with van der Waals surface area (Å²) in [5.74, 6) is 1.31. The number of fused-ring (bicyclic) bond motifs is 4. The van der Waals surface area contributed by atoms with Crippen molar-refractivity contribution in [3.05, 3.63) is 124 Å². The molecule has 0 bridgehead atoms. The number of anilines is 6. The van der Waals surface area contributed by atoms with E-state index < -0.39 is 0 Å². The Kier molecular flexibility index (Phi) is 9.47. The van der Waals surface area contributed by atoms with E-state index in [1.54, 1.807) is 0 Å². The predicted octanol–water partition coefficient (Wildman–Crippen LogP) is 12.1. The second-order valence-corrected chi connectivity index (χ2v) is 16.5. The quantitative estimate of drug-likeness (QED) is 0.146. The van der Waals surface area contributed by atoms with E-state index in [-0.39, 0.29) is 6.71 Å². The van der Waals surface area contributed by atoms with E-state index in [1.165, 1.54) is 148 Å². The van der Waals surface area contributed by atoms with Crippen molar-refractivity contribution in [3.8, 4) is 0 Å². The van der Waals surface area contributed by atoms with Crippen LogP contribution in [0.4, 0.5) is 34.1 Å². The minimum atomic E-state index is 0.180. The van der Waals surface area contributed by atoms with E-state index in [2.05, 4.69) is 128 Å². The highest BCUT2D eigenvalue weighted by Crippen LogP contribution is 2.47. The highest BCUT2D eigenvalue weighted by molar-refractivity contribution is 7.00. The van der Waals surface area contributed by atoms with Crippen molar-refractivity contribution in [2.24, 2.45) is 0 Å². The van der Waals surface area contributed by atoms with Gasteiger partial charge >= 0.3 is 0 Å². The summed E-state index contributed by atoms with van der Waals surface area (Å²) in [5, 5.41) is 0. The molecule has 0 unspecified atom stereocenters. The molecule has 0 spiro atoms. The van der Waals surface area contributed by atoms with Crippen LogP contribution in [0, 0.1) is 0 Å². The van der Waals surface area contributed by atoms with Gasteiger partial charge in [0.2, 0.25) is 0 Å². The Morgan fingerprint density at radius 1 is 0.453 bits per heavy atom. The maximum atomic E-state index is 2.66. The summed E-state index contributed by atoms with van der Waals surface area (Å²) < 4.78 is 0. The molecule has 3 heteroatoms. The molecule has 0 N–H and O–H groups in total. The van der Waals surface area contributed by atoms with Crippen molar-refractivity contribution in [1.82, 2.24) is 0 Å². The van der Waals surface area contributed by atoms with Gasteiger partial charge in [-0.05, 0) is 162 Å². The van der Waals surface area contributed by atoms with Crippen molar-refractivity contribution in [2.75, 3.05) is 9.80 Å². The fourth-order valence-corrected chi connectivity index (χ4v) is 10.5. The monoisotopic (exact) mass is 696 g/mol. The lowest BCUT2D eigenvalue weighted by Crippen LogP contribution is -2.61. The van der Waals surface area contributed by atoms with Crippen LogP contribution in [-0.2, 0) is 25.7 Å². The molecule has 2 saturated carbocycles. The van der Waals surface area contributed by atoms with Gasteiger partial charge in [0.05, 0.1) is 0 Å². The molecule has 0 aromatic heterocycles. The van der Waals surface area contributed by atoms with Crippen LogP contribution >= 0.6 is 0 Å². The van der Waals surface area contributed by atoms with Crippen molar-refractivity contribution in [1.29, 1.82) is 0 Å². The minimum Gasteiger partial charge on any atom is -0.311 e. The zero-order valence-electron chi connectivity index (χ0n) is 32.7. The molecule has 2 fully saturated rings. The van der Waals surface area contributed by atoms with Crippen LogP contribution in [-0.4, -0.2) is 6.71 Å². The van der Waals surface area contributed by atoms with Gasteiger partial charge in [0.25, 0.3) is 6.71 Å². The average Bonchev–Trinajstić information content (AvgIpc) is 3.23. The first-order valence-corrected chi connectivity index (χ1v) is 21.3. The van der Waals surface area contributed by atoms with Crippen LogP contribution in [0.3, 0.4) is 0 Å². The summed E-state index contributed by atoms with van der Waals surface area (Å²) in [6.07, 6.45) is 17.6. The van der Waals surface area contributed by atoms with E-state index in [9.17, 15) is 0 Å². The maximum absolute atomic E-state index is 2.66. The number of hydrogen-bond acceptors (Lipinski definition) is 2. The SMILES string of the molecule is CCc1cc(CC)cc(N2c3cc(C4CCCCC4)ccc3B3c4ccc(C5CCCCC5)cc4N(c4cc(CC)cc(CC)c4)c4cccc2c43)c1. The van der Waals surface area contributed by atoms with Gasteiger partial charge in [0.1, 0.15) is 0 Å². The van der Waals surface area contributed by atoms with Crippen molar-refractivity contribution < 1.29 is 0 Å². The molecule has 5 aromatic carbocycles. The van der Waals surface area contributed by atoms with E-state index in [4.69, 9.17) is 0 Å². The summed E-state index contributed by atoms with van der Waals surface area (Å²) in [4.78, 5) is 5.32. The first kappa shape index (κ1) is 34.5. The lowest BCUT2D eigenvalue weighted by atomic mass is 9.33. The van der Waals surface area contributed by atoms with Crippen molar-refractivity contribution in [2.45, 2.75) is 129 Å². The third kappa shape index (κ3) is 6.13. The number of hydrogen-bond donors (Lipinski definition) is 0. The lowest BCUT2D eigenvalue weighted by Gasteiger charge is -2.45. The molecule has 2 aliphatic carbocycles. The van der Waals surface area contributed by atoms with Crippen LogP contribution in [0.2, 0.25) is 0 Å². The Bertz CT molecular complexity index is 1940. The fourth-order valence-electron chi connectivity index (χ4n) is 10.5. The first-order chi connectivity index (χ1) is 26.1. The van der Waals surface area contributed by atoms with E-state index in [1.807, 2.05) is 0 Å². The van der Waals surface area contributed by atoms with E-state index in [0.29, 0.717) is 11.8 Å². The van der Waals surface area contributed by atoms with E-state index >= 15 is 0 Å². The summed E-state index contributed by atoms with van der Waals surface area (Å²) in [5.41, 5.74) is 21.1. The number of benzene rings is 5. The summed E-state index contributed by atoms with van der Waals surface area (Å²) in [6, 6.07) is 37.3. The summed E-state index contributed by atoms with van der Waals surface area (Å²) >= 11 is 0. The Balaban J connectivity index is 1.32. The second kappa shape index (κ2) is 14.5. The average molecular weight is 697 g/mol. The highest BCUT2D eigenvalue weighted by Gasteiger charge is 2.43. The predicted molar refractivity (Wildman–Crippen MR) is 230 cm³/mol. The van der Waals surface area contributed by atoms with Gasteiger partial charge in [0, 0.05) is 34.1 Å². The zero-order chi connectivity index (χ0) is 36.1. The van der Waals surface area contributed by atoms with Crippen LogP contribution < -0.4 is 26.2 Å². The zero-order valence-corrected chi connectivity index (χ0v) is 32.7. The van der Waals surface area contributed by atoms with Gasteiger partial charge in [-0.2, -0.15) is 0 Å². The van der Waals surface area contributed by atoms with Gasteiger partial charge in [-0.1, -0.05) is 109 Å². The molecule has 0 saturated heterocycles. The minimum absolute atomic E-state index is 0.180. The number of aryl methyl sites for hydroxylation is 4. The molecule has 2 nitrogen and oxygen atoms in total. The van der Waals surface area contributed by atoms with Gasteiger partial charge in [-0.3, -0.25) is 0 Å². The molecular weight excluding hydrogens is 639 g/mol. The van der Waals surface area contributed by atoms with Crippen LogP contribution in [0.25, 0.3) is 0 Å². The smallest absolute Gasteiger partial charge is 0.252 e. The van der Waals surface area contributed by atoms with Gasteiger partial charge in [-0.15, -0.1) is 0 Å². The van der Waals surface area contributed by atoms with Crippen LogP contribution in [0.1, 0.15) is 137 Å². The van der Waals surface area contributed by atoms with Gasteiger partial charge < -0.3 is 9.80 Å².